The molecule has 0 radical (unpaired) electrons. The number of rotatable bonds is 0. The van der Waals surface area contributed by atoms with E-state index in [1.165, 1.54) is 0 Å². The molecular weight excluding hydrogens is 403 g/mol. The molecule has 0 aliphatic carbocycles. The van der Waals surface area contributed by atoms with Gasteiger partial charge in [0.25, 0.3) is 0 Å². The van der Waals surface area contributed by atoms with Gasteiger partial charge >= 0.3 is 10.4 Å². The predicted octanol–water partition coefficient (Wildman–Crippen LogP) is -0.794. The van der Waals surface area contributed by atoms with Gasteiger partial charge in [0.1, 0.15) is 0 Å². The van der Waals surface area contributed by atoms with E-state index in [-0.39, 0.29) is 65.3 Å². The molecule has 15 heavy (non-hydrogen) atoms. The molecule has 0 aromatic carbocycles. The van der Waals surface area contributed by atoms with Gasteiger partial charge in [-0.3, -0.25) is 40.6 Å². The molecule has 0 rings (SSSR count). The minimum Gasteiger partial charge on any atom is -0.412 e. The smallest absolute Gasteiger partial charge is 0.394 e. The zero-order valence-electron chi connectivity index (χ0n) is 6.30. The van der Waals surface area contributed by atoms with Crippen molar-refractivity contribution in [3.63, 3.8) is 0 Å². The Hall–Kier alpha value is 1.36. The van der Waals surface area contributed by atoms with E-state index in [2.05, 4.69) is 0 Å². The first kappa shape index (κ1) is 55.2. The van der Waals surface area contributed by atoms with Gasteiger partial charge in [-0.2, -0.15) is 8.42 Å². The molecule has 0 saturated carbocycles. The molecule has 0 saturated heterocycles. The second-order valence-corrected chi connectivity index (χ2v) is 1.34. The Morgan fingerprint density at radius 1 is 0.667 bits per heavy atom. The van der Waals surface area contributed by atoms with E-state index >= 15 is 0 Å². The average Bonchev–Trinajstić information content (AvgIpc) is 1.96. The van der Waals surface area contributed by atoms with Crippen LogP contribution >= 0.6 is 0 Å². The van der Waals surface area contributed by atoms with Crippen molar-refractivity contribution < 1.29 is 107 Å². The zero-order chi connectivity index (χ0) is 10.5. The van der Waals surface area contributed by atoms with Crippen molar-refractivity contribution in [2.45, 2.75) is 7.43 Å². The SMILES string of the molecule is C.O.O=S(=O)(O)O.OO.OO.OO.[Zr].[Zr]. The maximum Gasteiger partial charge on any atom is 0.394 e. The van der Waals surface area contributed by atoms with Crippen molar-refractivity contribution in [3.8, 4) is 0 Å². The molecule has 0 atom stereocenters. The van der Waals surface area contributed by atoms with Gasteiger partial charge in [0.2, 0.25) is 0 Å². The van der Waals surface area contributed by atoms with Crippen LogP contribution in [0.3, 0.4) is 0 Å². The van der Waals surface area contributed by atoms with Crippen molar-refractivity contribution in [3.05, 3.63) is 0 Å². The summed E-state index contributed by atoms with van der Waals surface area (Å²) in [6, 6.07) is 0. The molecule has 0 amide bonds. The van der Waals surface area contributed by atoms with Gasteiger partial charge in [0.15, 0.2) is 0 Å². The van der Waals surface area contributed by atoms with E-state index in [4.69, 9.17) is 49.1 Å². The number of hydrogen-bond donors (Lipinski definition) is 8. The van der Waals surface area contributed by atoms with Crippen LogP contribution in [-0.2, 0) is 62.8 Å². The van der Waals surface area contributed by atoms with Crippen LogP contribution in [0.25, 0.3) is 0 Å². The average molecular weight is 417 g/mol. The fraction of sp³-hybridized carbons (Fsp3) is 1.00. The van der Waals surface area contributed by atoms with E-state index in [0.29, 0.717) is 0 Å². The molecule has 0 aromatic heterocycles. The molecule has 0 heterocycles. The summed E-state index contributed by atoms with van der Waals surface area (Å²) < 4.78 is 31.6. The molecule has 0 unspecified atom stereocenters. The minimum atomic E-state index is -4.67. The van der Waals surface area contributed by atoms with Gasteiger partial charge in [0, 0.05) is 52.4 Å². The Morgan fingerprint density at radius 2 is 0.667 bits per heavy atom. The minimum absolute atomic E-state index is 0. The van der Waals surface area contributed by atoms with Gasteiger partial charge in [-0.05, 0) is 0 Å². The quantitative estimate of drug-likeness (QED) is 0.139. The van der Waals surface area contributed by atoms with Crippen LogP contribution in [-0.4, -0.2) is 54.5 Å². The molecule has 0 aromatic rings. The van der Waals surface area contributed by atoms with Crippen LogP contribution < -0.4 is 0 Å². The maximum absolute atomic E-state index is 8.74. The largest absolute Gasteiger partial charge is 0.412 e. The first-order chi connectivity index (χ1) is 5.00. The molecule has 0 aliphatic rings. The van der Waals surface area contributed by atoms with Crippen LogP contribution in [0.5, 0.6) is 0 Å². The van der Waals surface area contributed by atoms with E-state index in [9.17, 15) is 0 Å². The summed E-state index contributed by atoms with van der Waals surface area (Å²) in [5, 5.41) is 36.0. The first-order valence-corrected chi connectivity index (χ1v) is 2.70. The van der Waals surface area contributed by atoms with Crippen molar-refractivity contribution in [2.75, 3.05) is 0 Å². The Morgan fingerprint density at radius 3 is 0.667 bits per heavy atom. The van der Waals surface area contributed by atoms with Gasteiger partial charge in [0.05, 0.1) is 0 Å². The molecule has 0 spiro atoms. The summed E-state index contributed by atoms with van der Waals surface area (Å²) in [6.45, 7) is 0. The molecule has 0 fully saturated rings. The van der Waals surface area contributed by atoms with E-state index < -0.39 is 10.4 Å². The Kier molecular flexibility index (Phi) is 215. The van der Waals surface area contributed by atoms with Crippen molar-refractivity contribution >= 4 is 10.4 Å². The van der Waals surface area contributed by atoms with Gasteiger partial charge in [-0.1, -0.05) is 7.43 Å². The summed E-state index contributed by atoms with van der Waals surface area (Å²) in [6.07, 6.45) is 0. The van der Waals surface area contributed by atoms with Gasteiger partial charge in [-0.25, -0.2) is 0 Å². The molecular formula is CH14O11SZr2. The summed E-state index contributed by atoms with van der Waals surface area (Å²) in [7, 11) is -4.67. The van der Waals surface area contributed by atoms with E-state index in [0.717, 1.165) is 0 Å². The molecule has 98 valence electrons. The van der Waals surface area contributed by atoms with Crippen molar-refractivity contribution in [1.29, 1.82) is 0 Å². The van der Waals surface area contributed by atoms with Crippen LogP contribution in [0.15, 0.2) is 0 Å². The zero-order valence-corrected chi connectivity index (χ0v) is 12.0. The third kappa shape index (κ3) is 1490. The molecule has 0 bridgehead atoms. The van der Waals surface area contributed by atoms with E-state index in [1.54, 1.807) is 0 Å². The first-order valence-electron chi connectivity index (χ1n) is 1.30. The fourth-order valence-electron chi connectivity index (χ4n) is 0. The molecule has 10 N–H and O–H groups in total. The predicted molar refractivity (Wildman–Crippen MR) is 40.3 cm³/mol. The summed E-state index contributed by atoms with van der Waals surface area (Å²) in [4.78, 5) is 0. The van der Waals surface area contributed by atoms with Crippen molar-refractivity contribution in [1.82, 2.24) is 0 Å². The standard InChI is InChI=1S/CH4.H2O4S.3H2O2.H2O.2Zr/c;1-5(2,3)4;3*1-2;;;/h1H4;(H2,1,2,3,4);3*1-2H;1H2;;. The van der Waals surface area contributed by atoms with E-state index in [1.807, 2.05) is 0 Å². The second-order valence-electron chi connectivity index (χ2n) is 0.448. The third-order valence-electron chi connectivity index (χ3n) is 0. The van der Waals surface area contributed by atoms with Crippen LogP contribution in [0.2, 0.25) is 0 Å². The monoisotopic (exact) mass is 414 g/mol. The summed E-state index contributed by atoms with van der Waals surface area (Å²) in [5.41, 5.74) is 0. The van der Waals surface area contributed by atoms with Gasteiger partial charge in [-0.15, -0.1) is 0 Å². The number of hydrogen-bond acceptors (Lipinski definition) is 8. The Balaban J connectivity index is -0.00000000736. The second kappa shape index (κ2) is 58.5. The fourth-order valence-corrected chi connectivity index (χ4v) is 0. The molecule has 11 nitrogen and oxygen atoms in total. The van der Waals surface area contributed by atoms with Crippen LogP contribution in [0.4, 0.5) is 0 Å². The maximum atomic E-state index is 8.74. The third-order valence-corrected chi connectivity index (χ3v) is 0. The molecule has 14 heteroatoms. The Labute approximate surface area is 124 Å². The Bertz CT molecular complexity index is 102. The summed E-state index contributed by atoms with van der Waals surface area (Å²) >= 11 is 0. The van der Waals surface area contributed by atoms with Crippen LogP contribution in [0, 0.1) is 0 Å². The van der Waals surface area contributed by atoms with Crippen LogP contribution in [0.1, 0.15) is 7.43 Å². The normalized spacial score (nSPS) is 5.07. The van der Waals surface area contributed by atoms with Crippen molar-refractivity contribution in [2.24, 2.45) is 0 Å². The summed E-state index contributed by atoms with van der Waals surface area (Å²) in [5.74, 6) is 0. The molecule has 0 aliphatic heterocycles. The topological polar surface area (TPSA) is 227 Å². The van der Waals surface area contributed by atoms with Gasteiger partial charge < -0.3 is 5.48 Å².